The molecule has 4 N–H and O–H groups in total. The van der Waals surface area contributed by atoms with Gasteiger partial charge >= 0.3 is 6.03 Å². The Morgan fingerprint density at radius 1 is 1.21 bits per heavy atom. The third-order valence-corrected chi connectivity index (χ3v) is 3.81. The van der Waals surface area contributed by atoms with E-state index in [0.29, 0.717) is 6.54 Å². The number of rotatable bonds is 9. The molecule has 0 bridgehead atoms. The second-order valence-electron chi connectivity index (χ2n) is 6.69. The third-order valence-electron chi connectivity index (χ3n) is 3.81. The molecule has 0 radical (unpaired) electrons. The molecule has 1 aromatic carbocycles. The maximum absolute atomic E-state index is 11.7. The summed E-state index contributed by atoms with van der Waals surface area (Å²) in [6.45, 7) is 8.95. The lowest BCUT2D eigenvalue weighted by molar-refractivity contribution is 0.250. The summed E-state index contributed by atoms with van der Waals surface area (Å²) in [6, 6.07) is 9.53. The molecule has 9 heteroatoms. The average Bonchev–Trinajstić information content (AvgIpc) is 3.17. The van der Waals surface area contributed by atoms with Crippen LogP contribution < -0.4 is 21.3 Å². The van der Waals surface area contributed by atoms with E-state index in [0.717, 1.165) is 43.3 Å². The maximum atomic E-state index is 11.7. The van der Waals surface area contributed by atoms with Gasteiger partial charge in [-0.25, -0.2) is 9.79 Å². The molecule has 160 valence electrons. The second-order valence-corrected chi connectivity index (χ2v) is 6.69. The van der Waals surface area contributed by atoms with E-state index in [-0.39, 0.29) is 36.0 Å². The van der Waals surface area contributed by atoms with Crippen molar-refractivity contribution in [1.29, 1.82) is 0 Å². The van der Waals surface area contributed by atoms with Crippen LogP contribution in [-0.4, -0.2) is 40.9 Å². The predicted octanol–water partition coefficient (Wildman–Crippen LogP) is 3.18. The van der Waals surface area contributed by atoms with Crippen molar-refractivity contribution in [3.05, 3.63) is 48.3 Å². The summed E-state index contributed by atoms with van der Waals surface area (Å²) in [6.07, 6.45) is 4.71. The monoisotopic (exact) mass is 513 g/mol. The normalized spacial score (nSPS) is 11.0. The molecular formula is C20H32IN7O. The zero-order valence-electron chi connectivity index (χ0n) is 17.3. The van der Waals surface area contributed by atoms with Crippen molar-refractivity contribution in [2.45, 2.75) is 46.3 Å². The van der Waals surface area contributed by atoms with E-state index >= 15 is 0 Å². The van der Waals surface area contributed by atoms with Gasteiger partial charge in [-0.15, -0.1) is 24.0 Å². The van der Waals surface area contributed by atoms with Crippen LogP contribution in [0.15, 0.2) is 47.7 Å². The molecule has 2 rings (SSSR count). The number of nitrogens with one attached hydrogen (secondary N) is 4. The van der Waals surface area contributed by atoms with Crippen LogP contribution in [-0.2, 0) is 13.1 Å². The molecule has 0 fully saturated rings. The standard InChI is InChI=1S/C20H31N7O.HI/c1-4-21-19(22-11-5-13-27-14-6-12-24-27)23-15-17-7-9-18(10-8-17)26-20(28)25-16(2)3;/h6-10,12,14,16H,4-5,11,13,15H2,1-3H3,(H2,21,22,23)(H2,25,26,28);1H. The highest BCUT2D eigenvalue weighted by molar-refractivity contribution is 14.0. The first-order valence-corrected chi connectivity index (χ1v) is 9.73. The number of aryl methyl sites for hydroxylation is 1. The highest BCUT2D eigenvalue weighted by atomic mass is 127. The first-order chi connectivity index (χ1) is 13.6. The number of anilines is 1. The molecule has 0 aliphatic heterocycles. The van der Waals surface area contributed by atoms with Gasteiger partial charge in [-0.3, -0.25) is 4.68 Å². The fourth-order valence-corrected chi connectivity index (χ4v) is 2.52. The number of nitrogens with zero attached hydrogens (tertiary/aromatic N) is 3. The lowest BCUT2D eigenvalue weighted by Crippen LogP contribution is -2.38. The molecule has 0 aliphatic carbocycles. The highest BCUT2D eigenvalue weighted by Crippen LogP contribution is 2.10. The number of halogens is 1. The van der Waals surface area contributed by atoms with Crippen LogP contribution in [0.25, 0.3) is 0 Å². The lowest BCUT2D eigenvalue weighted by atomic mass is 10.2. The number of amides is 2. The van der Waals surface area contributed by atoms with Gasteiger partial charge in [-0.05, 0) is 51.0 Å². The molecular weight excluding hydrogens is 481 g/mol. The Morgan fingerprint density at radius 3 is 2.59 bits per heavy atom. The SMILES string of the molecule is CCNC(=NCc1ccc(NC(=O)NC(C)C)cc1)NCCCn1cccn1.I. The Morgan fingerprint density at radius 2 is 1.97 bits per heavy atom. The lowest BCUT2D eigenvalue weighted by Gasteiger charge is -2.12. The van der Waals surface area contributed by atoms with E-state index < -0.39 is 0 Å². The quantitative estimate of drug-likeness (QED) is 0.179. The van der Waals surface area contributed by atoms with Crippen LogP contribution >= 0.6 is 24.0 Å². The van der Waals surface area contributed by atoms with Crippen molar-refractivity contribution in [2.75, 3.05) is 18.4 Å². The number of hydrogen-bond donors (Lipinski definition) is 4. The van der Waals surface area contributed by atoms with Crippen LogP contribution in [0.4, 0.5) is 10.5 Å². The Hall–Kier alpha value is -2.30. The van der Waals surface area contributed by atoms with E-state index in [1.807, 2.05) is 62.0 Å². The summed E-state index contributed by atoms with van der Waals surface area (Å²) in [5.41, 5.74) is 1.83. The number of carbonyl (C=O) groups is 1. The number of carbonyl (C=O) groups excluding carboxylic acids is 1. The molecule has 8 nitrogen and oxygen atoms in total. The minimum atomic E-state index is -0.200. The van der Waals surface area contributed by atoms with Crippen LogP contribution in [0, 0.1) is 0 Å². The van der Waals surface area contributed by atoms with Crippen molar-refractivity contribution < 1.29 is 4.79 Å². The van der Waals surface area contributed by atoms with Crippen molar-refractivity contribution in [1.82, 2.24) is 25.7 Å². The molecule has 2 aromatic rings. The second kappa shape index (κ2) is 13.8. The topological polar surface area (TPSA) is 95.4 Å². The Bertz CT molecular complexity index is 730. The van der Waals surface area contributed by atoms with E-state index in [1.54, 1.807) is 6.20 Å². The van der Waals surface area contributed by atoms with Crippen LogP contribution in [0.1, 0.15) is 32.8 Å². The molecule has 0 spiro atoms. The smallest absolute Gasteiger partial charge is 0.319 e. The predicted molar refractivity (Wildman–Crippen MR) is 129 cm³/mol. The number of aliphatic imine (C=N–C) groups is 1. The molecule has 0 aliphatic rings. The van der Waals surface area contributed by atoms with Crippen molar-refractivity contribution in [3.8, 4) is 0 Å². The summed E-state index contributed by atoms with van der Waals surface area (Å²) < 4.78 is 1.92. The summed E-state index contributed by atoms with van der Waals surface area (Å²) in [4.78, 5) is 16.3. The van der Waals surface area contributed by atoms with Gasteiger partial charge in [0.1, 0.15) is 0 Å². The van der Waals surface area contributed by atoms with Gasteiger partial charge in [0.25, 0.3) is 0 Å². The van der Waals surface area contributed by atoms with Crippen molar-refractivity contribution in [2.24, 2.45) is 4.99 Å². The first-order valence-electron chi connectivity index (χ1n) is 9.73. The largest absolute Gasteiger partial charge is 0.357 e. The number of benzene rings is 1. The Labute approximate surface area is 190 Å². The summed E-state index contributed by atoms with van der Waals surface area (Å²) >= 11 is 0. The van der Waals surface area contributed by atoms with E-state index in [9.17, 15) is 4.79 Å². The average molecular weight is 513 g/mol. The Balaban J connectivity index is 0.00000420. The van der Waals surface area contributed by atoms with Crippen molar-refractivity contribution in [3.63, 3.8) is 0 Å². The van der Waals surface area contributed by atoms with E-state index in [4.69, 9.17) is 0 Å². The fraction of sp³-hybridized carbons (Fsp3) is 0.450. The molecule has 0 saturated carbocycles. The zero-order valence-corrected chi connectivity index (χ0v) is 19.6. The van der Waals surface area contributed by atoms with Gasteiger partial charge in [0.2, 0.25) is 0 Å². The number of guanidine groups is 1. The van der Waals surface area contributed by atoms with Crippen LogP contribution in [0.5, 0.6) is 0 Å². The van der Waals surface area contributed by atoms with Gasteiger partial charge in [0.15, 0.2) is 5.96 Å². The van der Waals surface area contributed by atoms with Gasteiger partial charge in [0.05, 0.1) is 6.54 Å². The minimum Gasteiger partial charge on any atom is -0.357 e. The van der Waals surface area contributed by atoms with Crippen molar-refractivity contribution >= 4 is 41.7 Å². The van der Waals surface area contributed by atoms with Crippen LogP contribution in [0.3, 0.4) is 0 Å². The van der Waals surface area contributed by atoms with E-state index in [2.05, 4.69) is 31.4 Å². The number of urea groups is 1. The molecule has 1 aromatic heterocycles. The fourth-order valence-electron chi connectivity index (χ4n) is 2.52. The first kappa shape index (κ1) is 24.7. The highest BCUT2D eigenvalue weighted by Gasteiger charge is 2.03. The van der Waals surface area contributed by atoms with Gasteiger partial charge in [-0.1, -0.05) is 12.1 Å². The molecule has 0 atom stereocenters. The molecule has 1 heterocycles. The summed E-state index contributed by atoms with van der Waals surface area (Å²) in [5, 5.41) is 16.4. The van der Waals surface area contributed by atoms with Crippen LogP contribution in [0.2, 0.25) is 0 Å². The van der Waals surface area contributed by atoms with Gasteiger partial charge in [-0.2, -0.15) is 5.10 Å². The summed E-state index contributed by atoms with van der Waals surface area (Å²) in [7, 11) is 0. The number of aromatic nitrogens is 2. The molecule has 0 unspecified atom stereocenters. The molecule has 0 saturated heterocycles. The van der Waals surface area contributed by atoms with E-state index in [1.165, 1.54) is 0 Å². The zero-order chi connectivity index (χ0) is 20.2. The maximum Gasteiger partial charge on any atom is 0.319 e. The summed E-state index contributed by atoms with van der Waals surface area (Å²) in [5.74, 6) is 0.793. The number of hydrogen-bond acceptors (Lipinski definition) is 3. The minimum absolute atomic E-state index is 0. The Kier molecular flexibility index (Phi) is 11.8. The van der Waals surface area contributed by atoms with Gasteiger partial charge in [0, 0.05) is 43.8 Å². The third kappa shape index (κ3) is 10.2. The van der Waals surface area contributed by atoms with Gasteiger partial charge < -0.3 is 21.3 Å². The molecule has 2 amide bonds. The molecule has 29 heavy (non-hydrogen) atoms.